The first-order valence-corrected chi connectivity index (χ1v) is 5.43. The maximum Gasteiger partial charge on any atom is 0.0360 e. The van der Waals surface area contributed by atoms with Crippen LogP contribution in [0.25, 0.3) is 0 Å². The van der Waals surface area contributed by atoms with E-state index < -0.39 is 0 Å². The standard InChI is InChI=1S/C8H16S2/c1-6-7(9-5)10-8(2,3)4/h6H,1-5H3/b7-6+. The Hall–Kier alpha value is 0.440. The predicted molar refractivity (Wildman–Crippen MR) is 54.6 cm³/mol. The molecule has 60 valence electrons. The SMILES string of the molecule is C/C=C(\SC)SC(C)(C)C. The number of hydrogen-bond acceptors (Lipinski definition) is 2. The van der Waals surface area contributed by atoms with Crippen molar-refractivity contribution in [1.29, 1.82) is 0 Å². The molecule has 0 aliphatic heterocycles. The molecular formula is C8H16S2. The van der Waals surface area contributed by atoms with Crippen molar-refractivity contribution < 1.29 is 0 Å². The molecule has 0 aliphatic carbocycles. The van der Waals surface area contributed by atoms with Crippen molar-refractivity contribution in [3.63, 3.8) is 0 Å². The summed E-state index contributed by atoms with van der Waals surface area (Å²) in [5, 5.41) is 0. The number of rotatable bonds is 2. The molecule has 0 aromatic heterocycles. The predicted octanol–water partition coefficient (Wildman–Crippen LogP) is 3.74. The maximum atomic E-state index is 2.23. The van der Waals surface area contributed by atoms with Crippen LogP contribution < -0.4 is 0 Å². The molecule has 0 nitrogen and oxygen atoms in total. The minimum absolute atomic E-state index is 0.352. The first-order valence-electron chi connectivity index (χ1n) is 3.39. The average Bonchev–Trinajstić information content (AvgIpc) is 1.81. The molecule has 0 saturated heterocycles. The van der Waals surface area contributed by atoms with Gasteiger partial charge in [-0.25, -0.2) is 0 Å². The van der Waals surface area contributed by atoms with Crippen LogP contribution in [0.4, 0.5) is 0 Å². The van der Waals surface area contributed by atoms with Crippen LogP contribution in [0.3, 0.4) is 0 Å². The Kier molecular flexibility index (Phi) is 4.54. The highest BCUT2D eigenvalue weighted by Gasteiger charge is 2.12. The summed E-state index contributed by atoms with van der Waals surface area (Å²) in [4.78, 5) is 0. The number of thioether (sulfide) groups is 2. The molecule has 0 aliphatic rings. The van der Waals surface area contributed by atoms with E-state index in [9.17, 15) is 0 Å². The van der Waals surface area contributed by atoms with Gasteiger partial charge in [-0.15, -0.1) is 23.5 Å². The zero-order valence-electron chi connectivity index (χ0n) is 7.39. The Bertz CT molecular complexity index is 120. The van der Waals surface area contributed by atoms with Gasteiger partial charge in [-0.1, -0.05) is 26.8 Å². The Labute approximate surface area is 72.9 Å². The Balaban J connectivity index is 3.88. The van der Waals surface area contributed by atoms with Gasteiger partial charge in [-0.05, 0) is 13.2 Å². The van der Waals surface area contributed by atoms with Crippen LogP contribution in [0.1, 0.15) is 27.7 Å². The molecular weight excluding hydrogens is 160 g/mol. The van der Waals surface area contributed by atoms with Gasteiger partial charge in [0.2, 0.25) is 0 Å². The molecule has 0 unspecified atom stereocenters. The molecule has 0 N–H and O–H groups in total. The minimum atomic E-state index is 0.352. The highest BCUT2D eigenvalue weighted by molar-refractivity contribution is 8.22. The lowest BCUT2D eigenvalue weighted by Crippen LogP contribution is -2.06. The van der Waals surface area contributed by atoms with Crippen LogP contribution in [0.15, 0.2) is 10.3 Å². The van der Waals surface area contributed by atoms with Crippen molar-refractivity contribution in [2.75, 3.05) is 6.26 Å². The second-order valence-electron chi connectivity index (χ2n) is 3.03. The second-order valence-corrected chi connectivity index (χ2v) is 6.00. The van der Waals surface area contributed by atoms with Gasteiger partial charge in [-0.2, -0.15) is 0 Å². The summed E-state index contributed by atoms with van der Waals surface area (Å²) in [6.45, 7) is 8.79. The number of hydrogen-bond donors (Lipinski definition) is 0. The molecule has 0 aromatic rings. The average molecular weight is 176 g/mol. The number of allylic oxidation sites excluding steroid dienone is 1. The van der Waals surface area contributed by atoms with Crippen molar-refractivity contribution >= 4 is 23.5 Å². The van der Waals surface area contributed by atoms with E-state index in [2.05, 4.69) is 40.0 Å². The Morgan fingerprint density at radius 2 is 1.80 bits per heavy atom. The molecule has 0 saturated carbocycles. The van der Waals surface area contributed by atoms with Crippen molar-refractivity contribution in [2.24, 2.45) is 0 Å². The fourth-order valence-electron chi connectivity index (χ4n) is 0.520. The highest BCUT2D eigenvalue weighted by atomic mass is 32.2. The first kappa shape index (κ1) is 10.4. The van der Waals surface area contributed by atoms with Gasteiger partial charge in [0.1, 0.15) is 0 Å². The van der Waals surface area contributed by atoms with Gasteiger partial charge >= 0.3 is 0 Å². The van der Waals surface area contributed by atoms with Gasteiger partial charge in [-0.3, -0.25) is 0 Å². The van der Waals surface area contributed by atoms with E-state index in [-0.39, 0.29) is 0 Å². The largest absolute Gasteiger partial charge is 0.123 e. The van der Waals surface area contributed by atoms with E-state index in [1.165, 1.54) is 4.24 Å². The third kappa shape index (κ3) is 5.24. The molecule has 0 fully saturated rings. The zero-order chi connectivity index (χ0) is 8.20. The summed E-state index contributed by atoms with van der Waals surface area (Å²) < 4.78 is 1.76. The molecule has 0 bridgehead atoms. The van der Waals surface area contributed by atoms with Crippen LogP contribution >= 0.6 is 23.5 Å². The molecule has 0 rings (SSSR count). The molecule has 10 heavy (non-hydrogen) atoms. The fraction of sp³-hybridized carbons (Fsp3) is 0.750. The van der Waals surface area contributed by atoms with Gasteiger partial charge < -0.3 is 0 Å². The summed E-state index contributed by atoms with van der Waals surface area (Å²) in [5.41, 5.74) is 0. The third-order valence-corrected chi connectivity index (χ3v) is 3.28. The van der Waals surface area contributed by atoms with Gasteiger partial charge in [0, 0.05) is 8.98 Å². The monoisotopic (exact) mass is 176 g/mol. The lowest BCUT2D eigenvalue weighted by Gasteiger charge is -2.18. The van der Waals surface area contributed by atoms with Gasteiger partial charge in [0.25, 0.3) is 0 Å². The third-order valence-electron chi connectivity index (χ3n) is 0.844. The van der Waals surface area contributed by atoms with E-state index in [0.717, 1.165) is 0 Å². The van der Waals surface area contributed by atoms with Crippen molar-refractivity contribution in [1.82, 2.24) is 0 Å². The zero-order valence-corrected chi connectivity index (χ0v) is 9.03. The second kappa shape index (κ2) is 4.35. The molecule has 0 atom stereocenters. The van der Waals surface area contributed by atoms with Crippen molar-refractivity contribution in [3.8, 4) is 0 Å². The maximum absolute atomic E-state index is 2.23. The normalized spacial score (nSPS) is 13.9. The summed E-state index contributed by atoms with van der Waals surface area (Å²) in [6.07, 6.45) is 4.29. The minimum Gasteiger partial charge on any atom is -0.123 e. The van der Waals surface area contributed by atoms with Crippen LogP contribution in [0.2, 0.25) is 0 Å². The quantitative estimate of drug-likeness (QED) is 0.628. The van der Waals surface area contributed by atoms with Gasteiger partial charge in [0.05, 0.1) is 0 Å². The summed E-state index contributed by atoms with van der Waals surface area (Å²) in [7, 11) is 0. The lowest BCUT2D eigenvalue weighted by molar-refractivity contribution is 0.807. The fourth-order valence-corrected chi connectivity index (χ4v) is 2.56. The summed E-state index contributed by atoms with van der Waals surface area (Å²) in [6, 6.07) is 0. The topological polar surface area (TPSA) is 0 Å². The molecule has 2 heteroatoms. The molecule has 0 radical (unpaired) electrons. The smallest absolute Gasteiger partial charge is 0.0360 e. The van der Waals surface area contributed by atoms with E-state index in [1.54, 1.807) is 0 Å². The summed E-state index contributed by atoms with van der Waals surface area (Å²) in [5.74, 6) is 0. The van der Waals surface area contributed by atoms with E-state index >= 15 is 0 Å². The molecule has 0 amide bonds. The van der Waals surface area contributed by atoms with Crippen LogP contribution in [0.5, 0.6) is 0 Å². The van der Waals surface area contributed by atoms with Crippen molar-refractivity contribution in [3.05, 3.63) is 10.3 Å². The van der Waals surface area contributed by atoms with Gasteiger partial charge in [0.15, 0.2) is 0 Å². The van der Waals surface area contributed by atoms with Crippen LogP contribution in [0, 0.1) is 0 Å². The first-order chi connectivity index (χ1) is 4.49. The summed E-state index contributed by atoms with van der Waals surface area (Å²) >= 11 is 3.75. The van der Waals surface area contributed by atoms with E-state index in [1.807, 2.05) is 23.5 Å². The molecule has 0 spiro atoms. The van der Waals surface area contributed by atoms with Crippen molar-refractivity contribution in [2.45, 2.75) is 32.4 Å². The van der Waals surface area contributed by atoms with Crippen LogP contribution in [-0.2, 0) is 0 Å². The Morgan fingerprint density at radius 3 is 1.90 bits per heavy atom. The van der Waals surface area contributed by atoms with E-state index in [4.69, 9.17) is 0 Å². The lowest BCUT2D eigenvalue weighted by atomic mass is 10.3. The van der Waals surface area contributed by atoms with Crippen LogP contribution in [-0.4, -0.2) is 11.0 Å². The molecule has 0 aromatic carbocycles. The van der Waals surface area contributed by atoms with E-state index in [0.29, 0.717) is 4.75 Å². The Morgan fingerprint density at radius 1 is 1.30 bits per heavy atom. The molecule has 0 heterocycles. The highest BCUT2D eigenvalue weighted by Crippen LogP contribution is 2.36.